The van der Waals surface area contributed by atoms with E-state index < -0.39 is 26.7 Å². The molecule has 1 fully saturated rings. The van der Waals surface area contributed by atoms with Crippen LogP contribution in [0.15, 0.2) is 53.4 Å². The Kier molecular flexibility index (Phi) is 6.37. The Bertz CT molecular complexity index is 999. The summed E-state index contributed by atoms with van der Waals surface area (Å²) in [6.45, 7) is 0.990. The van der Waals surface area contributed by atoms with Gasteiger partial charge in [-0.2, -0.15) is 13.2 Å². The van der Waals surface area contributed by atoms with Gasteiger partial charge >= 0.3 is 6.18 Å². The Labute approximate surface area is 172 Å². The van der Waals surface area contributed by atoms with Gasteiger partial charge in [-0.3, -0.25) is 9.52 Å². The summed E-state index contributed by atoms with van der Waals surface area (Å²) in [4.78, 5) is 13.5. The van der Waals surface area contributed by atoms with Crippen LogP contribution in [0, 0.1) is 0 Å². The van der Waals surface area contributed by atoms with E-state index in [0.29, 0.717) is 37.6 Å². The smallest absolute Gasteiger partial charge is 0.393 e. The van der Waals surface area contributed by atoms with E-state index in [4.69, 9.17) is 0 Å². The number of nitrogens with one attached hydrogen (secondary N) is 1. The fourth-order valence-electron chi connectivity index (χ4n) is 3.15. The van der Waals surface area contributed by atoms with Crippen LogP contribution in [0.1, 0.15) is 24.0 Å². The number of anilines is 1. The molecule has 1 saturated heterocycles. The summed E-state index contributed by atoms with van der Waals surface area (Å²) in [6.07, 6.45) is -3.80. The van der Waals surface area contributed by atoms with E-state index >= 15 is 0 Å². The van der Waals surface area contributed by atoms with Crippen molar-refractivity contribution in [1.82, 2.24) is 4.90 Å². The SMILES string of the molecule is O=C(Cc1ccc(NS(=O)(=O)c2cccc(C(F)(F)F)c2)cc1)N1CCC(O)CC1. The van der Waals surface area contributed by atoms with E-state index in [1.807, 2.05) is 0 Å². The molecular formula is C20H21F3N2O4S. The van der Waals surface area contributed by atoms with Crippen LogP contribution < -0.4 is 4.72 Å². The third-order valence-electron chi connectivity index (χ3n) is 4.85. The number of sulfonamides is 1. The second-order valence-corrected chi connectivity index (χ2v) is 8.80. The lowest BCUT2D eigenvalue weighted by molar-refractivity contribution is -0.137. The van der Waals surface area contributed by atoms with Gasteiger partial charge < -0.3 is 10.0 Å². The quantitative estimate of drug-likeness (QED) is 0.745. The first-order valence-corrected chi connectivity index (χ1v) is 10.8. The molecule has 10 heteroatoms. The average molecular weight is 442 g/mol. The molecular weight excluding hydrogens is 421 g/mol. The molecule has 0 unspecified atom stereocenters. The number of amides is 1. The monoisotopic (exact) mass is 442 g/mol. The third kappa shape index (κ3) is 5.51. The molecule has 2 N–H and O–H groups in total. The van der Waals surface area contributed by atoms with Crippen molar-refractivity contribution in [2.75, 3.05) is 17.8 Å². The standard InChI is InChI=1S/C20H21F3N2O4S/c21-20(22,23)15-2-1-3-18(13-15)30(28,29)24-16-6-4-14(5-7-16)12-19(27)25-10-8-17(26)9-11-25/h1-7,13,17,24,26H,8-12H2. The fraction of sp³-hybridized carbons (Fsp3) is 0.350. The molecule has 3 rings (SSSR count). The first kappa shape index (κ1) is 22.1. The molecule has 0 aromatic heterocycles. The van der Waals surface area contributed by atoms with E-state index in [1.165, 1.54) is 12.1 Å². The Morgan fingerprint density at radius 1 is 1.10 bits per heavy atom. The number of rotatable bonds is 5. The van der Waals surface area contributed by atoms with Crippen molar-refractivity contribution < 1.29 is 31.5 Å². The zero-order valence-corrected chi connectivity index (χ0v) is 16.7. The largest absolute Gasteiger partial charge is 0.416 e. The van der Waals surface area contributed by atoms with Gasteiger partial charge in [-0.1, -0.05) is 18.2 Å². The van der Waals surface area contributed by atoms with Gasteiger partial charge in [-0.15, -0.1) is 0 Å². The second-order valence-electron chi connectivity index (χ2n) is 7.12. The Morgan fingerprint density at radius 2 is 1.73 bits per heavy atom. The van der Waals surface area contributed by atoms with Gasteiger partial charge in [0.05, 0.1) is 23.0 Å². The second kappa shape index (κ2) is 8.65. The van der Waals surface area contributed by atoms with Crippen LogP contribution in [0.4, 0.5) is 18.9 Å². The molecule has 0 bridgehead atoms. The first-order valence-electron chi connectivity index (χ1n) is 9.29. The number of hydrogen-bond acceptors (Lipinski definition) is 4. The van der Waals surface area contributed by atoms with Gasteiger partial charge in [0.2, 0.25) is 5.91 Å². The summed E-state index contributed by atoms with van der Waals surface area (Å²) in [5, 5.41) is 9.51. The minimum atomic E-state index is -4.65. The molecule has 0 aliphatic carbocycles. The number of aliphatic hydroxyl groups is 1. The number of carbonyl (C=O) groups is 1. The first-order chi connectivity index (χ1) is 14.0. The normalized spacial score (nSPS) is 15.8. The molecule has 0 radical (unpaired) electrons. The number of aliphatic hydroxyl groups excluding tert-OH is 1. The van der Waals surface area contributed by atoms with Gasteiger partial charge in [0.25, 0.3) is 10.0 Å². The van der Waals surface area contributed by atoms with Crippen LogP contribution >= 0.6 is 0 Å². The number of hydrogen-bond donors (Lipinski definition) is 2. The molecule has 0 atom stereocenters. The predicted molar refractivity (Wildman–Crippen MR) is 104 cm³/mol. The van der Waals surface area contributed by atoms with Crippen LogP contribution in [-0.4, -0.2) is 43.5 Å². The Balaban J connectivity index is 1.66. The van der Waals surface area contributed by atoms with Crippen LogP contribution in [0.25, 0.3) is 0 Å². The zero-order valence-electron chi connectivity index (χ0n) is 15.9. The van der Waals surface area contributed by atoms with Crippen molar-refractivity contribution in [1.29, 1.82) is 0 Å². The number of halogens is 3. The van der Waals surface area contributed by atoms with Gasteiger partial charge in [0.15, 0.2) is 0 Å². The Hall–Kier alpha value is -2.59. The molecule has 1 aliphatic heterocycles. The number of nitrogens with zero attached hydrogens (tertiary/aromatic N) is 1. The summed E-state index contributed by atoms with van der Waals surface area (Å²) >= 11 is 0. The number of likely N-dealkylation sites (tertiary alicyclic amines) is 1. The highest BCUT2D eigenvalue weighted by Gasteiger charge is 2.31. The lowest BCUT2D eigenvalue weighted by Gasteiger charge is -2.29. The summed E-state index contributed by atoms with van der Waals surface area (Å²) in [5.74, 6) is -0.0841. The van der Waals surface area contributed by atoms with E-state index in [2.05, 4.69) is 4.72 Å². The van der Waals surface area contributed by atoms with Gasteiger partial charge in [-0.25, -0.2) is 8.42 Å². The van der Waals surface area contributed by atoms with Crippen molar-refractivity contribution in [2.45, 2.75) is 36.4 Å². The van der Waals surface area contributed by atoms with Gasteiger partial charge in [0.1, 0.15) is 0 Å². The minimum absolute atomic E-state index is 0.0841. The zero-order chi connectivity index (χ0) is 21.9. The summed E-state index contributed by atoms with van der Waals surface area (Å²) in [6, 6.07) is 9.56. The number of carbonyl (C=O) groups excluding carboxylic acids is 1. The van der Waals surface area contributed by atoms with Crippen LogP contribution in [-0.2, 0) is 27.4 Å². The topological polar surface area (TPSA) is 86.7 Å². The highest BCUT2D eigenvalue weighted by molar-refractivity contribution is 7.92. The van der Waals surface area contributed by atoms with Crippen LogP contribution in [0.5, 0.6) is 0 Å². The molecule has 2 aromatic carbocycles. The van der Waals surface area contributed by atoms with Crippen molar-refractivity contribution in [3.05, 3.63) is 59.7 Å². The van der Waals surface area contributed by atoms with Crippen LogP contribution in [0.2, 0.25) is 0 Å². The fourth-order valence-corrected chi connectivity index (χ4v) is 4.25. The lowest BCUT2D eigenvalue weighted by Crippen LogP contribution is -2.40. The van der Waals surface area contributed by atoms with Crippen molar-refractivity contribution in [3.63, 3.8) is 0 Å². The molecule has 2 aromatic rings. The van der Waals surface area contributed by atoms with E-state index in [1.54, 1.807) is 17.0 Å². The van der Waals surface area contributed by atoms with Gasteiger partial charge in [0, 0.05) is 18.8 Å². The highest BCUT2D eigenvalue weighted by atomic mass is 32.2. The molecule has 6 nitrogen and oxygen atoms in total. The maximum absolute atomic E-state index is 12.8. The summed E-state index contributed by atoms with van der Waals surface area (Å²) < 4.78 is 65.6. The number of benzene rings is 2. The molecule has 0 saturated carbocycles. The van der Waals surface area contributed by atoms with Gasteiger partial charge in [-0.05, 0) is 48.7 Å². The summed E-state index contributed by atoms with van der Waals surface area (Å²) in [5.41, 5.74) is -0.206. The molecule has 30 heavy (non-hydrogen) atoms. The summed E-state index contributed by atoms with van der Waals surface area (Å²) in [7, 11) is -4.20. The van der Waals surface area contributed by atoms with E-state index in [0.717, 1.165) is 18.2 Å². The number of alkyl halides is 3. The minimum Gasteiger partial charge on any atom is -0.393 e. The molecule has 1 heterocycles. The van der Waals surface area contributed by atoms with E-state index in [9.17, 15) is 31.5 Å². The average Bonchev–Trinajstić information content (AvgIpc) is 2.69. The maximum atomic E-state index is 12.8. The van der Waals surface area contributed by atoms with Crippen LogP contribution in [0.3, 0.4) is 0 Å². The third-order valence-corrected chi connectivity index (χ3v) is 6.23. The maximum Gasteiger partial charge on any atom is 0.416 e. The number of piperidine rings is 1. The predicted octanol–water partition coefficient (Wildman–Crippen LogP) is 3.03. The Morgan fingerprint density at radius 3 is 2.33 bits per heavy atom. The molecule has 1 amide bonds. The van der Waals surface area contributed by atoms with E-state index in [-0.39, 0.29) is 24.1 Å². The molecule has 1 aliphatic rings. The molecule has 0 spiro atoms. The van der Waals surface area contributed by atoms with Crippen molar-refractivity contribution in [3.8, 4) is 0 Å². The molecule has 162 valence electrons. The van der Waals surface area contributed by atoms with Crippen molar-refractivity contribution in [2.24, 2.45) is 0 Å². The van der Waals surface area contributed by atoms with Crippen molar-refractivity contribution >= 4 is 21.6 Å². The lowest BCUT2D eigenvalue weighted by atomic mass is 10.1. The highest BCUT2D eigenvalue weighted by Crippen LogP contribution is 2.31.